The number of carbonyl (C=O) groups excluding carboxylic acids is 1. The summed E-state index contributed by atoms with van der Waals surface area (Å²) in [4.78, 5) is 11.5. The van der Waals surface area contributed by atoms with Gasteiger partial charge in [0.05, 0.1) is 12.7 Å². The number of fused-ring (bicyclic) bond motifs is 1. The van der Waals surface area contributed by atoms with Gasteiger partial charge >= 0.3 is 5.97 Å². The lowest BCUT2D eigenvalue weighted by Crippen LogP contribution is -2.12. The quantitative estimate of drug-likeness (QED) is 0.521. The van der Waals surface area contributed by atoms with Crippen LogP contribution in [-0.2, 0) is 11.2 Å². The summed E-state index contributed by atoms with van der Waals surface area (Å²) >= 11 is 0. The van der Waals surface area contributed by atoms with Crippen molar-refractivity contribution in [2.24, 2.45) is 0 Å². The van der Waals surface area contributed by atoms with E-state index in [-0.39, 0.29) is 12.1 Å². The van der Waals surface area contributed by atoms with Crippen molar-refractivity contribution in [3.8, 4) is 5.75 Å². The van der Waals surface area contributed by atoms with E-state index in [1.807, 2.05) is 12.1 Å². The molecule has 1 unspecified atom stereocenters. The average Bonchev–Trinajstić information content (AvgIpc) is 2.91. The van der Waals surface area contributed by atoms with Crippen LogP contribution >= 0.6 is 0 Å². The lowest BCUT2D eigenvalue weighted by atomic mass is 10.0. The van der Waals surface area contributed by atoms with E-state index in [1.54, 1.807) is 6.07 Å². The van der Waals surface area contributed by atoms with E-state index in [2.05, 4.69) is 6.92 Å². The summed E-state index contributed by atoms with van der Waals surface area (Å²) in [7, 11) is 1.41. The molecule has 1 heterocycles. The van der Waals surface area contributed by atoms with Gasteiger partial charge in [0.1, 0.15) is 11.9 Å². The highest BCUT2D eigenvalue weighted by Gasteiger charge is 2.23. The SMILES string of the molecule is CCCCCCCCC1Cc2cc(C(=O)OC)ccc2O1. The summed E-state index contributed by atoms with van der Waals surface area (Å²) in [5.41, 5.74) is 1.74. The number of ether oxygens (including phenoxy) is 2. The van der Waals surface area contributed by atoms with Gasteiger partial charge < -0.3 is 9.47 Å². The molecule has 1 atom stereocenters. The standard InChI is InChI=1S/C18H26O3/c1-3-4-5-6-7-8-9-16-13-15-12-14(18(19)20-2)10-11-17(15)21-16/h10-12,16H,3-9,13H2,1-2H3. The lowest BCUT2D eigenvalue weighted by molar-refractivity contribution is 0.0600. The van der Waals surface area contributed by atoms with Crippen LogP contribution < -0.4 is 4.74 Å². The topological polar surface area (TPSA) is 35.5 Å². The van der Waals surface area contributed by atoms with Crippen LogP contribution in [0.4, 0.5) is 0 Å². The zero-order chi connectivity index (χ0) is 15.1. The Morgan fingerprint density at radius 1 is 1.24 bits per heavy atom. The van der Waals surface area contributed by atoms with Crippen LogP contribution in [-0.4, -0.2) is 19.2 Å². The molecule has 1 aromatic carbocycles. The third-order valence-corrected chi connectivity index (χ3v) is 4.10. The molecule has 2 rings (SSSR count). The smallest absolute Gasteiger partial charge is 0.337 e. The van der Waals surface area contributed by atoms with Crippen LogP contribution in [0.25, 0.3) is 0 Å². The first kappa shape index (κ1) is 15.9. The summed E-state index contributed by atoms with van der Waals surface area (Å²) in [6.45, 7) is 2.24. The van der Waals surface area contributed by atoms with E-state index in [0.717, 1.165) is 24.2 Å². The van der Waals surface area contributed by atoms with E-state index in [4.69, 9.17) is 9.47 Å². The molecule has 0 fully saturated rings. The number of esters is 1. The predicted molar refractivity (Wildman–Crippen MR) is 83.9 cm³/mol. The summed E-state index contributed by atoms with van der Waals surface area (Å²) in [5, 5.41) is 0. The first-order valence-electron chi connectivity index (χ1n) is 8.12. The molecule has 0 saturated heterocycles. The fourth-order valence-corrected chi connectivity index (χ4v) is 2.88. The highest BCUT2D eigenvalue weighted by Crippen LogP contribution is 2.31. The Bertz CT molecular complexity index is 468. The predicted octanol–water partition coefficient (Wildman–Crippen LogP) is 4.53. The monoisotopic (exact) mass is 290 g/mol. The van der Waals surface area contributed by atoms with Crippen molar-refractivity contribution in [2.75, 3.05) is 7.11 Å². The number of methoxy groups -OCH3 is 1. The molecule has 0 radical (unpaired) electrons. The molecule has 0 aromatic heterocycles. The van der Waals surface area contributed by atoms with Gasteiger partial charge in [-0.1, -0.05) is 39.0 Å². The maximum Gasteiger partial charge on any atom is 0.337 e. The highest BCUT2D eigenvalue weighted by atomic mass is 16.5. The molecule has 116 valence electrons. The molecule has 0 amide bonds. The highest BCUT2D eigenvalue weighted by molar-refractivity contribution is 5.89. The third kappa shape index (κ3) is 4.48. The fourth-order valence-electron chi connectivity index (χ4n) is 2.88. The van der Waals surface area contributed by atoms with Gasteiger partial charge in [-0.15, -0.1) is 0 Å². The van der Waals surface area contributed by atoms with E-state index < -0.39 is 0 Å². The molecular formula is C18H26O3. The average molecular weight is 290 g/mol. The Morgan fingerprint density at radius 2 is 2.00 bits per heavy atom. The van der Waals surface area contributed by atoms with Gasteiger partial charge in [0, 0.05) is 6.42 Å². The van der Waals surface area contributed by atoms with Crippen LogP contribution in [0.3, 0.4) is 0 Å². The second-order valence-corrected chi connectivity index (χ2v) is 5.81. The number of benzene rings is 1. The van der Waals surface area contributed by atoms with Gasteiger partial charge in [-0.2, -0.15) is 0 Å². The molecule has 0 saturated carbocycles. The number of carbonyl (C=O) groups is 1. The van der Waals surface area contributed by atoms with Crippen LogP contribution in [0.5, 0.6) is 5.75 Å². The van der Waals surface area contributed by atoms with Gasteiger partial charge in [-0.3, -0.25) is 0 Å². The van der Waals surface area contributed by atoms with Crippen molar-refractivity contribution in [3.05, 3.63) is 29.3 Å². The maximum absolute atomic E-state index is 11.5. The minimum absolute atomic E-state index is 0.277. The molecular weight excluding hydrogens is 264 g/mol. The van der Waals surface area contributed by atoms with Gasteiger partial charge in [-0.05, 0) is 36.6 Å². The van der Waals surface area contributed by atoms with Crippen molar-refractivity contribution < 1.29 is 14.3 Å². The molecule has 3 heteroatoms. The van der Waals surface area contributed by atoms with Crippen molar-refractivity contribution in [3.63, 3.8) is 0 Å². The second-order valence-electron chi connectivity index (χ2n) is 5.81. The zero-order valence-electron chi connectivity index (χ0n) is 13.2. The molecule has 0 N–H and O–H groups in total. The molecule has 1 aliphatic rings. The summed E-state index contributed by atoms with van der Waals surface area (Å²) in [5.74, 6) is 0.649. The van der Waals surface area contributed by atoms with Gasteiger partial charge in [0.15, 0.2) is 0 Å². The van der Waals surface area contributed by atoms with Gasteiger partial charge in [0.2, 0.25) is 0 Å². The fraction of sp³-hybridized carbons (Fsp3) is 0.611. The minimum atomic E-state index is -0.280. The summed E-state index contributed by atoms with van der Waals surface area (Å²) in [6.07, 6.45) is 10.1. The number of unbranched alkanes of at least 4 members (excludes halogenated alkanes) is 5. The van der Waals surface area contributed by atoms with Gasteiger partial charge in [0.25, 0.3) is 0 Å². The molecule has 1 aliphatic heterocycles. The first-order valence-corrected chi connectivity index (χ1v) is 8.12. The van der Waals surface area contributed by atoms with Crippen LogP contribution in [0.1, 0.15) is 67.8 Å². The van der Waals surface area contributed by atoms with Crippen LogP contribution in [0, 0.1) is 0 Å². The summed E-state index contributed by atoms with van der Waals surface area (Å²) in [6, 6.07) is 5.57. The van der Waals surface area contributed by atoms with Crippen molar-refractivity contribution >= 4 is 5.97 Å². The number of hydrogen-bond donors (Lipinski definition) is 0. The molecule has 0 aliphatic carbocycles. The van der Waals surface area contributed by atoms with Crippen molar-refractivity contribution in [1.82, 2.24) is 0 Å². The Hall–Kier alpha value is -1.51. The number of rotatable bonds is 8. The Labute approximate surface area is 127 Å². The van der Waals surface area contributed by atoms with E-state index in [1.165, 1.54) is 45.6 Å². The van der Waals surface area contributed by atoms with Crippen LogP contribution in [0.15, 0.2) is 18.2 Å². The minimum Gasteiger partial charge on any atom is -0.490 e. The van der Waals surface area contributed by atoms with Crippen molar-refractivity contribution in [2.45, 2.75) is 64.4 Å². The van der Waals surface area contributed by atoms with Crippen molar-refractivity contribution in [1.29, 1.82) is 0 Å². The van der Waals surface area contributed by atoms with E-state index >= 15 is 0 Å². The molecule has 0 spiro atoms. The first-order chi connectivity index (χ1) is 10.2. The second kappa shape index (κ2) is 8.06. The molecule has 1 aromatic rings. The Kier molecular flexibility index (Phi) is 6.09. The van der Waals surface area contributed by atoms with Gasteiger partial charge in [-0.25, -0.2) is 4.79 Å². The zero-order valence-corrected chi connectivity index (χ0v) is 13.2. The van der Waals surface area contributed by atoms with Crippen LogP contribution in [0.2, 0.25) is 0 Å². The van der Waals surface area contributed by atoms with E-state index in [9.17, 15) is 4.79 Å². The lowest BCUT2D eigenvalue weighted by Gasteiger charge is -2.10. The number of hydrogen-bond acceptors (Lipinski definition) is 3. The third-order valence-electron chi connectivity index (χ3n) is 4.10. The Balaban J connectivity index is 1.76. The molecule has 0 bridgehead atoms. The largest absolute Gasteiger partial charge is 0.490 e. The Morgan fingerprint density at radius 3 is 2.76 bits per heavy atom. The van der Waals surface area contributed by atoms with E-state index in [0.29, 0.717) is 5.56 Å². The maximum atomic E-state index is 11.5. The summed E-state index contributed by atoms with van der Waals surface area (Å²) < 4.78 is 10.7. The molecule has 21 heavy (non-hydrogen) atoms. The normalized spacial score (nSPS) is 16.4. The molecule has 3 nitrogen and oxygen atoms in total.